The molecular weight excluding hydrogens is 444 g/mol. The van der Waals surface area contributed by atoms with Crippen LogP contribution in [0, 0.1) is 0 Å². The number of nitrogens with zero attached hydrogens (tertiary/aromatic N) is 4. The Morgan fingerprint density at radius 3 is 2.74 bits per heavy atom. The highest BCUT2D eigenvalue weighted by Gasteiger charge is 2.49. The summed E-state index contributed by atoms with van der Waals surface area (Å²) in [4.78, 5) is 29.7. The number of benzene rings is 1. The first-order valence-corrected chi connectivity index (χ1v) is 10.5. The Kier molecular flexibility index (Phi) is 6.48. The summed E-state index contributed by atoms with van der Waals surface area (Å²) in [5.74, 6) is -0.767. The van der Waals surface area contributed by atoms with Crippen molar-refractivity contribution in [3.05, 3.63) is 60.4 Å². The van der Waals surface area contributed by atoms with Gasteiger partial charge in [0.05, 0.1) is 25.9 Å². The number of ether oxygens (including phenoxy) is 3. The lowest BCUT2D eigenvalue weighted by molar-refractivity contribution is -0.180. The second-order valence-electron chi connectivity index (χ2n) is 7.80. The molecule has 34 heavy (non-hydrogen) atoms. The average Bonchev–Trinajstić information content (AvgIpc) is 3.33. The van der Waals surface area contributed by atoms with E-state index in [1.165, 1.54) is 4.90 Å². The Labute approximate surface area is 195 Å². The van der Waals surface area contributed by atoms with Crippen molar-refractivity contribution in [1.29, 1.82) is 0 Å². The van der Waals surface area contributed by atoms with Gasteiger partial charge in [0.2, 0.25) is 5.88 Å². The summed E-state index contributed by atoms with van der Waals surface area (Å²) in [6, 6.07) is 12.6. The predicted molar refractivity (Wildman–Crippen MR) is 119 cm³/mol. The molecule has 0 radical (unpaired) electrons. The second kappa shape index (κ2) is 9.49. The van der Waals surface area contributed by atoms with E-state index in [-0.39, 0.29) is 13.2 Å². The Morgan fingerprint density at radius 1 is 1.26 bits per heavy atom. The van der Waals surface area contributed by atoms with E-state index in [9.17, 15) is 19.8 Å². The van der Waals surface area contributed by atoms with Crippen molar-refractivity contribution in [1.82, 2.24) is 14.8 Å². The molecule has 11 heteroatoms. The summed E-state index contributed by atoms with van der Waals surface area (Å²) in [6.07, 6.45) is 1.70. The minimum atomic E-state index is -2.36. The number of pyridine rings is 1. The molecule has 1 saturated heterocycles. The molecule has 1 aliphatic heterocycles. The molecule has 2 atom stereocenters. The Bertz CT molecular complexity index is 1180. The first-order valence-electron chi connectivity index (χ1n) is 10.5. The molecule has 0 saturated carbocycles. The van der Waals surface area contributed by atoms with Gasteiger partial charge < -0.3 is 24.4 Å². The molecule has 4 rings (SSSR count). The highest BCUT2D eigenvalue weighted by atomic mass is 16.5. The highest BCUT2D eigenvalue weighted by molar-refractivity contribution is 6.00. The number of aliphatic carboxylic acids is 1. The number of anilines is 1. The molecule has 3 heterocycles. The zero-order chi connectivity index (χ0) is 24.3. The van der Waals surface area contributed by atoms with Gasteiger partial charge in [-0.3, -0.25) is 9.69 Å². The van der Waals surface area contributed by atoms with Crippen LogP contribution in [0.2, 0.25) is 0 Å². The van der Waals surface area contributed by atoms with Crippen LogP contribution < -0.4 is 14.4 Å². The number of carboxylic acid groups (broad SMARTS) is 1. The zero-order valence-corrected chi connectivity index (χ0v) is 18.6. The molecule has 2 unspecified atom stereocenters. The van der Waals surface area contributed by atoms with Crippen molar-refractivity contribution in [2.75, 3.05) is 25.2 Å². The zero-order valence-electron chi connectivity index (χ0n) is 18.6. The van der Waals surface area contributed by atoms with Crippen LogP contribution >= 0.6 is 0 Å². The molecule has 0 spiro atoms. The van der Waals surface area contributed by atoms with E-state index in [1.54, 1.807) is 42.4 Å². The van der Waals surface area contributed by atoms with Crippen molar-refractivity contribution >= 4 is 17.7 Å². The smallest absolute Gasteiger partial charge is 0.338 e. The monoisotopic (exact) mass is 468 g/mol. The third-order valence-electron chi connectivity index (χ3n) is 5.41. The molecule has 178 valence electrons. The Balaban J connectivity index is 1.47. The first-order chi connectivity index (χ1) is 16.3. The molecule has 3 aromatic rings. The van der Waals surface area contributed by atoms with Gasteiger partial charge >= 0.3 is 5.97 Å². The molecule has 2 N–H and O–H groups in total. The molecule has 0 bridgehead atoms. The molecule has 11 nitrogen and oxygen atoms in total. The fraction of sp³-hybridized carbons (Fsp3) is 0.304. The third-order valence-corrected chi connectivity index (χ3v) is 5.41. The molecule has 1 fully saturated rings. The molecular formula is C23H24N4O7. The van der Waals surface area contributed by atoms with Crippen molar-refractivity contribution < 1.29 is 34.0 Å². The SMILES string of the molecule is COc1ccc(COc2cc(-n3ccc(N4CCOC(C(C)(O)C(=O)O)C4=O)n3)ccn2)cc1. The summed E-state index contributed by atoms with van der Waals surface area (Å²) >= 11 is 0. The lowest BCUT2D eigenvalue weighted by Crippen LogP contribution is -2.60. The van der Waals surface area contributed by atoms with Gasteiger partial charge in [0.25, 0.3) is 5.91 Å². The maximum Gasteiger partial charge on any atom is 0.338 e. The van der Waals surface area contributed by atoms with Crippen LogP contribution in [-0.4, -0.2) is 68.8 Å². The molecule has 0 aliphatic carbocycles. The van der Waals surface area contributed by atoms with E-state index >= 15 is 0 Å². The highest BCUT2D eigenvalue weighted by Crippen LogP contribution is 2.25. The van der Waals surface area contributed by atoms with Crippen LogP contribution in [0.3, 0.4) is 0 Å². The van der Waals surface area contributed by atoms with Gasteiger partial charge in [-0.1, -0.05) is 12.1 Å². The minimum absolute atomic E-state index is 0.0608. The number of hydrogen-bond acceptors (Lipinski definition) is 8. The lowest BCUT2D eigenvalue weighted by Gasteiger charge is -2.36. The maximum atomic E-state index is 12.8. The fourth-order valence-electron chi connectivity index (χ4n) is 3.43. The standard InChI is InChI=1S/C23H24N4O7/c1-23(31,22(29)30)20-21(28)26(11-12-33-20)18-8-10-27(25-18)16-7-9-24-19(13-16)34-14-15-3-5-17(32-2)6-4-15/h3-10,13,20,31H,11-12,14H2,1-2H3,(H,29,30). The van der Waals surface area contributed by atoms with Crippen molar-refractivity contribution in [3.63, 3.8) is 0 Å². The first kappa shape index (κ1) is 23.2. The van der Waals surface area contributed by atoms with Gasteiger partial charge in [0, 0.05) is 24.5 Å². The minimum Gasteiger partial charge on any atom is -0.497 e. The fourth-order valence-corrected chi connectivity index (χ4v) is 3.43. The van der Waals surface area contributed by atoms with E-state index in [0.717, 1.165) is 18.2 Å². The van der Waals surface area contributed by atoms with Gasteiger partial charge in [-0.2, -0.15) is 0 Å². The number of methoxy groups -OCH3 is 1. The van der Waals surface area contributed by atoms with Crippen LogP contribution in [0.15, 0.2) is 54.9 Å². The van der Waals surface area contributed by atoms with Gasteiger partial charge in [-0.05, 0) is 30.7 Å². The van der Waals surface area contributed by atoms with Crippen molar-refractivity contribution in [3.8, 4) is 17.3 Å². The Hall–Kier alpha value is -3.96. The number of carbonyl (C=O) groups is 2. The molecule has 2 aromatic heterocycles. The van der Waals surface area contributed by atoms with Gasteiger partial charge in [0.15, 0.2) is 17.5 Å². The lowest BCUT2D eigenvalue weighted by atomic mass is 9.97. The van der Waals surface area contributed by atoms with E-state index in [1.807, 2.05) is 24.3 Å². The van der Waals surface area contributed by atoms with Gasteiger partial charge in [0.1, 0.15) is 12.4 Å². The topological polar surface area (TPSA) is 136 Å². The van der Waals surface area contributed by atoms with E-state index < -0.39 is 23.6 Å². The summed E-state index contributed by atoms with van der Waals surface area (Å²) in [7, 11) is 1.61. The van der Waals surface area contributed by atoms with Gasteiger partial charge in [-0.25, -0.2) is 14.5 Å². The number of carboxylic acids is 1. The third kappa shape index (κ3) is 4.70. The van der Waals surface area contributed by atoms with E-state index in [2.05, 4.69) is 10.1 Å². The van der Waals surface area contributed by atoms with Crippen LogP contribution in [0.4, 0.5) is 5.82 Å². The number of rotatable bonds is 8. The predicted octanol–water partition coefficient (Wildman–Crippen LogP) is 1.42. The summed E-state index contributed by atoms with van der Waals surface area (Å²) in [5.41, 5.74) is -0.757. The van der Waals surface area contributed by atoms with E-state index in [0.29, 0.717) is 24.0 Å². The van der Waals surface area contributed by atoms with Gasteiger partial charge in [-0.15, -0.1) is 5.10 Å². The largest absolute Gasteiger partial charge is 0.497 e. The van der Waals surface area contributed by atoms with Crippen molar-refractivity contribution in [2.45, 2.75) is 25.2 Å². The number of morpholine rings is 1. The van der Waals surface area contributed by atoms with Crippen LogP contribution in [0.25, 0.3) is 5.69 Å². The molecule has 1 aliphatic rings. The maximum absolute atomic E-state index is 12.8. The second-order valence-corrected chi connectivity index (χ2v) is 7.80. The van der Waals surface area contributed by atoms with Crippen LogP contribution in [0.5, 0.6) is 11.6 Å². The number of amides is 1. The average molecular weight is 468 g/mol. The van der Waals surface area contributed by atoms with Crippen LogP contribution in [0.1, 0.15) is 12.5 Å². The Morgan fingerprint density at radius 2 is 2.03 bits per heavy atom. The quantitative estimate of drug-likeness (QED) is 0.503. The molecule has 1 aromatic carbocycles. The molecule has 1 amide bonds. The summed E-state index contributed by atoms with van der Waals surface area (Å²) < 4.78 is 17.7. The number of carbonyl (C=O) groups excluding carboxylic acids is 1. The number of aliphatic hydroxyl groups is 1. The van der Waals surface area contributed by atoms with Crippen LogP contribution in [-0.2, 0) is 20.9 Å². The van der Waals surface area contributed by atoms with Crippen molar-refractivity contribution in [2.24, 2.45) is 0 Å². The summed E-state index contributed by atoms with van der Waals surface area (Å²) in [6.45, 7) is 1.59. The number of aromatic nitrogens is 3. The summed E-state index contributed by atoms with van der Waals surface area (Å²) in [5, 5.41) is 23.9. The van der Waals surface area contributed by atoms with E-state index in [4.69, 9.17) is 14.2 Å². The number of hydrogen-bond donors (Lipinski definition) is 2. The normalized spacial score (nSPS) is 17.8.